The standard InChI is InChI=1S/C26H20ClN5O/c1-30-25-6-5-18(9-24(25)23(11-26(30)33)20-3-2-4-21(27)10-20)15-32-17-29-13-22(32)16-31-8-7-19(12-28)14-31/h2-11,13-14,17H,15-16H2,1H3. The van der Waals surface area contributed by atoms with Gasteiger partial charge in [-0.25, -0.2) is 4.98 Å². The van der Waals surface area contributed by atoms with Crippen molar-refractivity contribution < 1.29 is 0 Å². The molecular weight excluding hydrogens is 434 g/mol. The molecule has 0 amide bonds. The summed E-state index contributed by atoms with van der Waals surface area (Å²) in [7, 11) is 1.78. The molecule has 6 nitrogen and oxygen atoms in total. The Morgan fingerprint density at radius 3 is 2.76 bits per heavy atom. The fourth-order valence-electron chi connectivity index (χ4n) is 4.11. The van der Waals surface area contributed by atoms with Crippen LogP contribution in [0, 0.1) is 11.3 Å². The third-order valence-corrected chi connectivity index (χ3v) is 6.06. The van der Waals surface area contributed by atoms with Gasteiger partial charge in [0.25, 0.3) is 5.56 Å². The minimum Gasteiger partial charge on any atom is -0.347 e. The number of aryl methyl sites for hydroxylation is 1. The van der Waals surface area contributed by atoms with Crippen molar-refractivity contribution in [2.45, 2.75) is 13.1 Å². The van der Waals surface area contributed by atoms with E-state index in [9.17, 15) is 4.79 Å². The highest BCUT2D eigenvalue weighted by Gasteiger charge is 2.11. The second kappa shape index (κ2) is 8.45. The van der Waals surface area contributed by atoms with E-state index in [1.54, 1.807) is 23.7 Å². The van der Waals surface area contributed by atoms with Gasteiger partial charge in [-0.3, -0.25) is 4.79 Å². The highest BCUT2D eigenvalue weighted by Crippen LogP contribution is 2.29. The van der Waals surface area contributed by atoms with Crippen LogP contribution in [0.1, 0.15) is 16.8 Å². The van der Waals surface area contributed by atoms with Crippen LogP contribution in [0.25, 0.3) is 22.0 Å². The van der Waals surface area contributed by atoms with Crippen molar-refractivity contribution in [1.29, 1.82) is 5.26 Å². The number of benzene rings is 2. The highest BCUT2D eigenvalue weighted by atomic mass is 35.5. The zero-order valence-corrected chi connectivity index (χ0v) is 18.7. The van der Waals surface area contributed by atoms with Gasteiger partial charge in [-0.05, 0) is 47.0 Å². The van der Waals surface area contributed by atoms with E-state index in [1.165, 1.54) is 0 Å². The van der Waals surface area contributed by atoms with Crippen LogP contribution >= 0.6 is 11.6 Å². The molecule has 5 aromatic rings. The number of rotatable bonds is 5. The van der Waals surface area contributed by atoms with Crippen LogP contribution in [0.5, 0.6) is 0 Å². The number of halogens is 1. The highest BCUT2D eigenvalue weighted by molar-refractivity contribution is 6.30. The Balaban J connectivity index is 1.54. The molecule has 162 valence electrons. The maximum absolute atomic E-state index is 12.6. The maximum Gasteiger partial charge on any atom is 0.251 e. The average molecular weight is 454 g/mol. The minimum atomic E-state index is -0.0643. The number of nitrogens with zero attached hydrogens (tertiary/aromatic N) is 5. The van der Waals surface area contributed by atoms with E-state index < -0.39 is 0 Å². The first kappa shape index (κ1) is 20.8. The predicted molar refractivity (Wildman–Crippen MR) is 129 cm³/mol. The van der Waals surface area contributed by atoms with E-state index >= 15 is 0 Å². The van der Waals surface area contributed by atoms with Crippen LogP contribution in [0.4, 0.5) is 0 Å². The quantitative estimate of drug-likeness (QED) is 0.383. The van der Waals surface area contributed by atoms with Gasteiger partial charge in [0.05, 0.1) is 29.6 Å². The molecule has 0 atom stereocenters. The molecule has 0 aliphatic heterocycles. The Hall–Kier alpha value is -4.08. The summed E-state index contributed by atoms with van der Waals surface area (Å²) in [5.41, 5.74) is 5.33. The summed E-state index contributed by atoms with van der Waals surface area (Å²) in [4.78, 5) is 16.9. The molecule has 3 heterocycles. The summed E-state index contributed by atoms with van der Waals surface area (Å²) in [6.07, 6.45) is 7.37. The van der Waals surface area contributed by atoms with E-state index in [4.69, 9.17) is 16.9 Å². The Morgan fingerprint density at radius 2 is 1.97 bits per heavy atom. The molecule has 33 heavy (non-hydrogen) atoms. The first-order valence-electron chi connectivity index (χ1n) is 10.5. The molecule has 0 N–H and O–H groups in total. The third-order valence-electron chi connectivity index (χ3n) is 5.82. The Morgan fingerprint density at radius 1 is 1.09 bits per heavy atom. The predicted octanol–water partition coefficient (Wildman–Crippen LogP) is 4.83. The summed E-state index contributed by atoms with van der Waals surface area (Å²) in [5, 5.41) is 10.7. The number of nitriles is 1. The van der Waals surface area contributed by atoms with Gasteiger partial charge in [0.1, 0.15) is 6.07 Å². The second-order valence-corrected chi connectivity index (χ2v) is 8.45. The summed E-state index contributed by atoms with van der Waals surface area (Å²) in [5.74, 6) is 0. The SMILES string of the molecule is Cn1c(=O)cc(-c2cccc(Cl)c2)c2cc(Cn3cncc3Cn3ccc(C#N)c3)ccc21. The van der Waals surface area contributed by atoms with Gasteiger partial charge in [0.2, 0.25) is 0 Å². The number of hydrogen-bond donors (Lipinski definition) is 0. The molecular formula is C26H20ClN5O. The van der Waals surface area contributed by atoms with E-state index in [2.05, 4.69) is 21.7 Å². The first-order valence-corrected chi connectivity index (χ1v) is 10.8. The van der Waals surface area contributed by atoms with Gasteiger partial charge in [0.15, 0.2) is 0 Å². The second-order valence-electron chi connectivity index (χ2n) is 8.01. The molecule has 0 spiro atoms. The van der Waals surface area contributed by atoms with E-state index in [1.807, 2.05) is 65.9 Å². The molecule has 0 fully saturated rings. The summed E-state index contributed by atoms with van der Waals surface area (Å²) in [6.45, 7) is 1.26. The molecule has 0 radical (unpaired) electrons. The molecule has 7 heteroatoms. The van der Waals surface area contributed by atoms with Gasteiger partial charge in [-0.15, -0.1) is 0 Å². The third kappa shape index (κ3) is 4.07. The lowest BCUT2D eigenvalue weighted by Crippen LogP contribution is -2.16. The molecule has 5 rings (SSSR count). The van der Waals surface area contributed by atoms with E-state index in [-0.39, 0.29) is 5.56 Å². The zero-order chi connectivity index (χ0) is 22.9. The van der Waals surface area contributed by atoms with Crippen LogP contribution in [0.15, 0.2) is 84.3 Å². The largest absolute Gasteiger partial charge is 0.347 e. The average Bonchev–Trinajstić information content (AvgIpc) is 3.46. The van der Waals surface area contributed by atoms with E-state index in [0.29, 0.717) is 23.7 Å². The maximum atomic E-state index is 12.6. The number of fused-ring (bicyclic) bond motifs is 1. The molecule has 0 aliphatic rings. The van der Waals surface area contributed by atoms with Gasteiger partial charge >= 0.3 is 0 Å². The number of pyridine rings is 1. The molecule has 2 aromatic carbocycles. The zero-order valence-electron chi connectivity index (χ0n) is 17.9. The topological polar surface area (TPSA) is 68.5 Å². The van der Waals surface area contributed by atoms with Crippen LogP contribution < -0.4 is 5.56 Å². The van der Waals surface area contributed by atoms with Gasteiger partial charge in [0, 0.05) is 48.7 Å². The molecule has 0 saturated heterocycles. The summed E-state index contributed by atoms with van der Waals surface area (Å²) < 4.78 is 5.72. The fraction of sp³-hybridized carbons (Fsp3) is 0.115. The van der Waals surface area contributed by atoms with Gasteiger partial charge in [-0.2, -0.15) is 5.26 Å². The molecule has 0 unspecified atom stereocenters. The molecule has 3 aromatic heterocycles. The lowest BCUT2D eigenvalue weighted by Gasteiger charge is -2.14. The van der Waals surface area contributed by atoms with Crippen LogP contribution in [0.3, 0.4) is 0 Å². The van der Waals surface area contributed by atoms with Crippen molar-refractivity contribution in [1.82, 2.24) is 18.7 Å². The smallest absolute Gasteiger partial charge is 0.251 e. The lowest BCUT2D eigenvalue weighted by atomic mass is 9.99. The molecule has 0 aliphatic carbocycles. The molecule has 0 saturated carbocycles. The normalized spacial score (nSPS) is 11.1. The monoisotopic (exact) mass is 453 g/mol. The van der Waals surface area contributed by atoms with Crippen LogP contribution in [0.2, 0.25) is 5.02 Å². The van der Waals surface area contributed by atoms with Gasteiger partial charge < -0.3 is 13.7 Å². The Bertz CT molecular complexity index is 1580. The minimum absolute atomic E-state index is 0.0643. The van der Waals surface area contributed by atoms with Gasteiger partial charge in [-0.1, -0.05) is 29.8 Å². The van der Waals surface area contributed by atoms with E-state index in [0.717, 1.165) is 33.3 Å². The van der Waals surface area contributed by atoms with Crippen molar-refractivity contribution in [2.24, 2.45) is 7.05 Å². The summed E-state index contributed by atoms with van der Waals surface area (Å²) in [6, 6.07) is 19.3. The number of hydrogen-bond acceptors (Lipinski definition) is 3. The van der Waals surface area contributed by atoms with Crippen molar-refractivity contribution in [3.8, 4) is 17.2 Å². The number of imidazole rings is 1. The lowest BCUT2D eigenvalue weighted by molar-refractivity contribution is 0.688. The van der Waals surface area contributed by atoms with Crippen molar-refractivity contribution >= 4 is 22.5 Å². The van der Waals surface area contributed by atoms with Crippen molar-refractivity contribution in [2.75, 3.05) is 0 Å². The number of aromatic nitrogens is 4. The van der Waals surface area contributed by atoms with Crippen LogP contribution in [-0.4, -0.2) is 18.7 Å². The Kier molecular flexibility index (Phi) is 5.33. The Labute approximate surface area is 195 Å². The van der Waals surface area contributed by atoms with Crippen molar-refractivity contribution in [3.63, 3.8) is 0 Å². The first-order chi connectivity index (χ1) is 16.0. The van der Waals surface area contributed by atoms with Crippen LogP contribution in [-0.2, 0) is 20.1 Å². The fourth-order valence-corrected chi connectivity index (χ4v) is 4.30. The van der Waals surface area contributed by atoms with Crippen molar-refractivity contribution in [3.05, 3.63) is 112 Å². The molecule has 0 bridgehead atoms. The summed E-state index contributed by atoms with van der Waals surface area (Å²) >= 11 is 6.22.